The Morgan fingerprint density at radius 1 is 1.23 bits per heavy atom. The van der Waals surface area contributed by atoms with Crippen molar-refractivity contribution in [3.63, 3.8) is 0 Å². The highest BCUT2D eigenvalue weighted by atomic mass is 16.6. The van der Waals surface area contributed by atoms with Gasteiger partial charge in [0.1, 0.15) is 17.7 Å². The molecule has 0 radical (unpaired) electrons. The van der Waals surface area contributed by atoms with Crippen LogP contribution in [-0.2, 0) is 28.7 Å². The Kier molecular flexibility index (Phi) is 10.4. The van der Waals surface area contributed by atoms with Crippen molar-refractivity contribution < 1.29 is 33.8 Å². The van der Waals surface area contributed by atoms with E-state index in [4.69, 9.17) is 9.47 Å². The maximum atomic E-state index is 14.8. The number of carbonyl (C=O) groups excluding carboxylic acids is 4. The van der Waals surface area contributed by atoms with Crippen LogP contribution in [0, 0.1) is 31.6 Å². The highest BCUT2D eigenvalue weighted by molar-refractivity contribution is 6.05. The Bertz CT molecular complexity index is 1300. The Balaban J connectivity index is 1.68. The molecule has 0 aromatic heterocycles. The van der Waals surface area contributed by atoms with Crippen molar-refractivity contribution in [2.45, 2.75) is 90.2 Å². The first-order valence-corrected chi connectivity index (χ1v) is 15.6. The third kappa shape index (κ3) is 6.06. The van der Waals surface area contributed by atoms with E-state index in [9.17, 15) is 24.3 Å². The normalized spacial score (nSPS) is 26.7. The highest BCUT2D eigenvalue weighted by Crippen LogP contribution is 2.59. The smallest absolute Gasteiger partial charge is 0.312 e. The number of nitrogens with zero attached hydrogens (tertiary/aromatic N) is 2. The molecule has 3 saturated heterocycles. The van der Waals surface area contributed by atoms with Gasteiger partial charge < -0.3 is 29.7 Å². The van der Waals surface area contributed by atoms with Crippen LogP contribution in [-0.4, -0.2) is 83.3 Å². The third-order valence-electron chi connectivity index (χ3n) is 9.27. The van der Waals surface area contributed by atoms with Gasteiger partial charge in [0.25, 0.3) is 5.91 Å². The number of ether oxygens (including phenoxy) is 2. The number of likely N-dealkylation sites (tertiary alicyclic amines) is 1. The molecule has 44 heavy (non-hydrogen) atoms. The van der Waals surface area contributed by atoms with Gasteiger partial charge in [0.05, 0.1) is 37.1 Å². The number of rotatable bonds is 14. The Morgan fingerprint density at radius 3 is 2.59 bits per heavy atom. The van der Waals surface area contributed by atoms with E-state index in [2.05, 4.69) is 18.5 Å². The maximum absolute atomic E-state index is 14.8. The van der Waals surface area contributed by atoms with Crippen molar-refractivity contribution in [3.05, 3.63) is 54.6 Å². The largest absolute Gasteiger partial charge is 0.460 e. The number of hydrogen-bond acceptors (Lipinski definition) is 7. The average Bonchev–Trinajstić information content (AvgIpc) is 3.62. The lowest BCUT2D eigenvalue weighted by molar-refractivity contribution is -0.160. The topological polar surface area (TPSA) is 125 Å². The van der Waals surface area contributed by atoms with E-state index < -0.39 is 47.7 Å². The summed E-state index contributed by atoms with van der Waals surface area (Å²) in [4.78, 5) is 58.0. The van der Waals surface area contributed by atoms with Crippen LogP contribution < -0.4 is 10.2 Å². The predicted molar refractivity (Wildman–Crippen MR) is 167 cm³/mol. The summed E-state index contributed by atoms with van der Waals surface area (Å²) in [6.07, 6.45) is 3.84. The Labute approximate surface area is 260 Å². The number of anilines is 1. The molecule has 3 fully saturated rings. The predicted octanol–water partition coefficient (Wildman–Crippen LogP) is 3.23. The van der Waals surface area contributed by atoms with E-state index >= 15 is 0 Å². The monoisotopic (exact) mass is 609 g/mol. The van der Waals surface area contributed by atoms with Crippen molar-refractivity contribution in [2.75, 3.05) is 24.6 Å². The molecule has 3 amide bonds. The van der Waals surface area contributed by atoms with Crippen molar-refractivity contribution in [1.29, 1.82) is 0 Å². The molecule has 0 unspecified atom stereocenters. The van der Waals surface area contributed by atoms with Crippen LogP contribution in [0.2, 0.25) is 0 Å². The lowest BCUT2D eigenvalue weighted by Crippen LogP contribution is -2.60. The van der Waals surface area contributed by atoms with Gasteiger partial charge in [0.2, 0.25) is 11.8 Å². The highest BCUT2D eigenvalue weighted by Gasteiger charge is 2.76. The summed E-state index contributed by atoms with van der Waals surface area (Å²) in [5, 5.41) is 13.2. The van der Waals surface area contributed by atoms with E-state index in [1.54, 1.807) is 24.0 Å². The number of fused-ring (bicyclic) bond motifs is 1. The molecule has 3 aliphatic heterocycles. The number of amides is 3. The molecule has 1 aromatic carbocycles. The summed E-state index contributed by atoms with van der Waals surface area (Å²) in [6.45, 7) is 16.8. The standard InChI is InChI=1S/C34H47N3O7/c1-8-10-11-27(39)35-18-23(7)43-33(42)28-26-14-15-34(44-26)29(28)31(40)37(25(19-38)20(3)4)30(34)32(41)36(16-9-2)24-17-21(5)12-13-22(24)6/h8-9,12-13,17,20,23,25-26,28-30,38H,1-2,10-11,14-16,18-19H2,3-7H3,(H,35,39)/t23-,25-,26+,28-,29-,30+,34-/m0/s1. The molecule has 3 aliphatic rings. The fourth-order valence-electron chi connectivity index (χ4n) is 7.11. The second kappa shape index (κ2) is 13.6. The molecule has 4 rings (SSSR count). The zero-order valence-corrected chi connectivity index (χ0v) is 26.6. The van der Waals surface area contributed by atoms with Crippen LogP contribution >= 0.6 is 0 Å². The molecule has 0 aliphatic carbocycles. The number of benzene rings is 1. The van der Waals surface area contributed by atoms with Gasteiger partial charge in [-0.2, -0.15) is 0 Å². The van der Waals surface area contributed by atoms with Gasteiger partial charge >= 0.3 is 5.97 Å². The van der Waals surface area contributed by atoms with E-state index in [1.165, 1.54) is 4.90 Å². The summed E-state index contributed by atoms with van der Waals surface area (Å²) >= 11 is 0. The average molecular weight is 610 g/mol. The van der Waals surface area contributed by atoms with Crippen LogP contribution in [0.3, 0.4) is 0 Å². The molecule has 0 saturated carbocycles. The number of aliphatic hydroxyl groups excluding tert-OH is 1. The number of nitrogens with one attached hydrogen (secondary N) is 1. The fraction of sp³-hybridized carbons (Fsp3) is 0.588. The van der Waals surface area contributed by atoms with Crippen molar-refractivity contribution in [3.8, 4) is 0 Å². The number of allylic oxidation sites excluding steroid dienone is 1. The third-order valence-corrected chi connectivity index (χ3v) is 9.27. The molecule has 7 atom stereocenters. The molecular formula is C34H47N3O7. The van der Waals surface area contributed by atoms with E-state index in [-0.39, 0.29) is 43.3 Å². The Morgan fingerprint density at radius 2 is 1.95 bits per heavy atom. The minimum absolute atomic E-state index is 0.128. The van der Waals surface area contributed by atoms with E-state index in [1.807, 2.05) is 45.9 Å². The minimum Gasteiger partial charge on any atom is -0.460 e. The molecule has 1 aromatic rings. The summed E-state index contributed by atoms with van der Waals surface area (Å²) in [7, 11) is 0. The second-order valence-electron chi connectivity index (χ2n) is 12.7. The summed E-state index contributed by atoms with van der Waals surface area (Å²) in [5.41, 5.74) is 1.33. The Hall–Kier alpha value is -3.50. The van der Waals surface area contributed by atoms with Crippen LogP contribution in [0.5, 0.6) is 0 Å². The summed E-state index contributed by atoms with van der Waals surface area (Å²) in [6, 6.07) is 4.14. The molecular weight excluding hydrogens is 562 g/mol. The molecule has 10 heteroatoms. The lowest BCUT2D eigenvalue weighted by Gasteiger charge is -2.40. The quantitative estimate of drug-likeness (QED) is 0.245. The lowest BCUT2D eigenvalue weighted by atomic mass is 9.70. The number of aliphatic hydroxyl groups is 1. The van der Waals surface area contributed by atoms with Gasteiger partial charge in [-0.15, -0.1) is 13.2 Å². The molecule has 1 spiro atoms. The van der Waals surface area contributed by atoms with Crippen molar-refractivity contribution >= 4 is 29.4 Å². The first-order valence-electron chi connectivity index (χ1n) is 15.6. The van der Waals surface area contributed by atoms with Crippen LogP contribution in [0.15, 0.2) is 43.5 Å². The second-order valence-corrected chi connectivity index (χ2v) is 12.7. The van der Waals surface area contributed by atoms with Crippen molar-refractivity contribution in [1.82, 2.24) is 10.2 Å². The zero-order chi connectivity index (χ0) is 32.3. The fourth-order valence-corrected chi connectivity index (χ4v) is 7.11. The number of esters is 1. The molecule has 10 nitrogen and oxygen atoms in total. The van der Waals surface area contributed by atoms with Gasteiger partial charge in [0.15, 0.2) is 0 Å². The summed E-state index contributed by atoms with van der Waals surface area (Å²) in [5.74, 6) is -3.49. The summed E-state index contributed by atoms with van der Waals surface area (Å²) < 4.78 is 12.3. The van der Waals surface area contributed by atoms with Gasteiger partial charge in [-0.1, -0.05) is 38.1 Å². The first kappa shape index (κ1) is 33.4. The number of aryl methyl sites for hydroxylation is 2. The van der Waals surface area contributed by atoms with Crippen molar-refractivity contribution in [2.24, 2.45) is 17.8 Å². The van der Waals surface area contributed by atoms with Gasteiger partial charge in [-0.25, -0.2) is 0 Å². The molecule has 3 heterocycles. The van der Waals surface area contributed by atoms with Gasteiger partial charge in [0, 0.05) is 18.7 Å². The SMILES string of the molecule is C=CCCC(=O)NC[C@H](C)OC(=O)[C@@H]1[C@H]2C(=O)N([C@@H](CO)C(C)C)[C@H](C(=O)N(CC=C)c3cc(C)ccc3C)[C@]23CC[C@H]1O3. The van der Waals surface area contributed by atoms with Crippen LogP contribution in [0.1, 0.15) is 57.6 Å². The van der Waals surface area contributed by atoms with E-state index in [0.29, 0.717) is 31.4 Å². The minimum atomic E-state index is -1.25. The van der Waals surface area contributed by atoms with E-state index in [0.717, 1.165) is 11.1 Å². The number of carbonyl (C=O) groups is 4. The van der Waals surface area contributed by atoms with Crippen LogP contribution in [0.4, 0.5) is 5.69 Å². The molecule has 2 N–H and O–H groups in total. The van der Waals surface area contributed by atoms with Gasteiger partial charge in [-0.3, -0.25) is 19.2 Å². The number of hydrogen-bond donors (Lipinski definition) is 2. The zero-order valence-electron chi connectivity index (χ0n) is 26.6. The van der Waals surface area contributed by atoms with Crippen LogP contribution in [0.25, 0.3) is 0 Å². The molecule has 2 bridgehead atoms. The molecule has 240 valence electrons. The maximum Gasteiger partial charge on any atom is 0.312 e. The first-order chi connectivity index (χ1) is 20.9. The van der Waals surface area contributed by atoms with Gasteiger partial charge in [-0.05, 0) is 63.1 Å².